The largest absolute Gasteiger partial charge is 0.481 e. The maximum absolute atomic E-state index is 12.3. The molecule has 0 heterocycles. The smallest absolute Gasteiger partial charge is 0.306 e. The Morgan fingerprint density at radius 2 is 2.00 bits per heavy atom. The molecule has 1 aliphatic rings. The van der Waals surface area contributed by atoms with Crippen LogP contribution in [0, 0.1) is 5.92 Å². The Labute approximate surface area is 131 Å². The molecule has 0 amide bonds. The van der Waals surface area contributed by atoms with E-state index in [9.17, 15) is 13.2 Å². The van der Waals surface area contributed by atoms with Crippen molar-refractivity contribution in [1.82, 2.24) is 4.72 Å². The number of nitrogens with one attached hydrogen (secondary N) is 1. The number of aliphatic carboxylic acids is 1. The lowest BCUT2D eigenvalue weighted by atomic mass is 9.86. The van der Waals surface area contributed by atoms with E-state index >= 15 is 0 Å². The summed E-state index contributed by atoms with van der Waals surface area (Å²) < 4.78 is 27.3. The van der Waals surface area contributed by atoms with Gasteiger partial charge in [-0.05, 0) is 30.7 Å². The number of carboxylic acid groups (broad SMARTS) is 1. The molecule has 1 aliphatic carbocycles. The zero-order valence-corrected chi connectivity index (χ0v) is 13.6. The molecule has 0 radical (unpaired) electrons. The van der Waals surface area contributed by atoms with Crippen LogP contribution in [0.15, 0.2) is 30.3 Å². The third kappa shape index (κ3) is 4.81. The number of hydrogen-bond acceptors (Lipinski definition) is 3. The fourth-order valence-electron chi connectivity index (χ4n) is 3.03. The molecule has 3 atom stereocenters. The van der Waals surface area contributed by atoms with Crippen LogP contribution in [0.2, 0.25) is 0 Å². The first-order valence-corrected chi connectivity index (χ1v) is 9.30. The van der Waals surface area contributed by atoms with Gasteiger partial charge in [-0.15, -0.1) is 0 Å². The lowest BCUT2D eigenvalue weighted by Crippen LogP contribution is -2.41. The molecular weight excluding hydrogens is 302 g/mol. The van der Waals surface area contributed by atoms with Gasteiger partial charge in [0, 0.05) is 6.04 Å². The van der Waals surface area contributed by atoms with Gasteiger partial charge in [-0.3, -0.25) is 4.79 Å². The van der Waals surface area contributed by atoms with Crippen molar-refractivity contribution in [3.8, 4) is 0 Å². The van der Waals surface area contributed by atoms with Crippen molar-refractivity contribution in [2.45, 2.75) is 44.6 Å². The second-order valence-corrected chi connectivity index (χ2v) is 7.91. The predicted molar refractivity (Wildman–Crippen MR) is 85.2 cm³/mol. The lowest BCUT2D eigenvalue weighted by molar-refractivity contribution is -0.143. The third-order valence-electron chi connectivity index (χ3n) is 4.21. The van der Waals surface area contributed by atoms with Gasteiger partial charge in [-0.1, -0.05) is 43.7 Å². The van der Waals surface area contributed by atoms with Crippen molar-refractivity contribution in [2.75, 3.05) is 5.75 Å². The van der Waals surface area contributed by atoms with Crippen LogP contribution in [0.1, 0.15) is 44.1 Å². The van der Waals surface area contributed by atoms with E-state index in [1.54, 1.807) is 0 Å². The fourth-order valence-corrected chi connectivity index (χ4v) is 4.70. The van der Waals surface area contributed by atoms with Gasteiger partial charge in [-0.25, -0.2) is 13.1 Å². The monoisotopic (exact) mass is 325 g/mol. The molecule has 1 unspecified atom stereocenters. The van der Waals surface area contributed by atoms with Crippen molar-refractivity contribution in [2.24, 2.45) is 5.92 Å². The van der Waals surface area contributed by atoms with Crippen LogP contribution in [0.25, 0.3) is 0 Å². The van der Waals surface area contributed by atoms with Crippen LogP contribution in [-0.2, 0) is 14.8 Å². The van der Waals surface area contributed by atoms with Gasteiger partial charge < -0.3 is 5.11 Å². The molecule has 6 heteroatoms. The van der Waals surface area contributed by atoms with Crippen LogP contribution < -0.4 is 4.72 Å². The molecule has 1 fully saturated rings. The first-order chi connectivity index (χ1) is 10.4. The van der Waals surface area contributed by atoms with E-state index in [1.807, 2.05) is 37.3 Å². The summed E-state index contributed by atoms with van der Waals surface area (Å²) in [6, 6.07) is 9.26. The fraction of sp³-hybridized carbons (Fsp3) is 0.562. The highest BCUT2D eigenvalue weighted by atomic mass is 32.2. The zero-order chi connectivity index (χ0) is 16.2. The second kappa shape index (κ2) is 7.24. The minimum absolute atomic E-state index is 0.0191. The van der Waals surface area contributed by atoms with Gasteiger partial charge >= 0.3 is 5.97 Å². The summed E-state index contributed by atoms with van der Waals surface area (Å²) in [5, 5.41) is 9.07. The van der Waals surface area contributed by atoms with E-state index in [0.29, 0.717) is 19.3 Å². The van der Waals surface area contributed by atoms with Crippen LogP contribution in [0.4, 0.5) is 0 Å². The summed E-state index contributed by atoms with van der Waals surface area (Å²) in [6.45, 7) is 1.88. The van der Waals surface area contributed by atoms with E-state index in [-0.39, 0.29) is 17.7 Å². The first-order valence-electron chi connectivity index (χ1n) is 7.65. The molecule has 122 valence electrons. The Bertz CT molecular complexity index is 600. The molecule has 0 bridgehead atoms. The van der Waals surface area contributed by atoms with E-state index in [0.717, 1.165) is 12.0 Å². The zero-order valence-electron chi connectivity index (χ0n) is 12.7. The van der Waals surface area contributed by atoms with Gasteiger partial charge in [0.15, 0.2) is 0 Å². The quantitative estimate of drug-likeness (QED) is 0.841. The van der Waals surface area contributed by atoms with Crippen molar-refractivity contribution < 1.29 is 18.3 Å². The highest BCUT2D eigenvalue weighted by Crippen LogP contribution is 2.25. The Hall–Kier alpha value is -1.40. The SMILES string of the molecule is CC(CS(=O)(=O)N[C@H]1CCC[C@@H](C(=O)O)C1)c1ccccc1. The standard InChI is InChI=1S/C16H23NO4S/c1-12(13-6-3-2-4-7-13)11-22(20,21)17-15-9-5-8-14(10-15)16(18)19/h2-4,6-7,12,14-15,17H,5,8-11H2,1H3,(H,18,19)/t12?,14-,15+/m1/s1. The highest BCUT2D eigenvalue weighted by molar-refractivity contribution is 7.89. The van der Waals surface area contributed by atoms with Gasteiger partial charge in [0.1, 0.15) is 0 Å². The average Bonchev–Trinajstić information content (AvgIpc) is 2.47. The number of carboxylic acids is 1. The molecule has 5 nitrogen and oxygen atoms in total. The summed E-state index contributed by atoms with van der Waals surface area (Å²) >= 11 is 0. The highest BCUT2D eigenvalue weighted by Gasteiger charge is 2.30. The molecule has 1 saturated carbocycles. The maximum atomic E-state index is 12.3. The minimum atomic E-state index is -3.42. The van der Waals surface area contributed by atoms with Crippen LogP contribution in [-0.4, -0.2) is 31.3 Å². The Morgan fingerprint density at radius 1 is 1.32 bits per heavy atom. The summed E-state index contributed by atoms with van der Waals surface area (Å²) in [7, 11) is -3.42. The molecule has 0 saturated heterocycles. The molecule has 0 aromatic heterocycles. The first kappa shape index (κ1) is 17.0. The number of sulfonamides is 1. The van der Waals surface area contributed by atoms with Crippen LogP contribution >= 0.6 is 0 Å². The third-order valence-corrected chi connectivity index (χ3v) is 5.84. The van der Waals surface area contributed by atoms with Crippen LogP contribution in [0.5, 0.6) is 0 Å². The van der Waals surface area contributed by atoms with Crippen LogP contribution in [0.3, 0.4) is 0 Å². The molecule has 1 aromatic carbocycles. The Morgan fingerprint density at radius 3 is 2.64 bits per heavy atom. The minimum Gasteiger partial charge on any atom is -0.481 e. The van der Waals surface area contributed by atoms with E-state index in [1.165, 1.54) is 0 Å². The average molecular weight is 325 g/mol. The van der Waals surface area contributed by atoms with Gasteiger partial charge in [0.2, 0.25) is 10.0 Å². The number of carbonyl (C=O) groups is 1. The second-order valence-electron chi connectivity index (χ2n) is 6.11. The van der Waals surface area contributed by atoms with E-state index in [2.05, 4.69) is 4.72 Å². The number of hydrogen-bond donors (Lipinski definition) is 2. The molecule has 2 rings (SSSR count). The molecule has 0 aliphatic heterocycles. The topological polar surface area (TPSA) is 83.5 Å². The molecular formula is C16H23NO4S. The van der Waals surface area contributed by atoms with Crippen molar-refractivity contribution in [1.29, 1.82) is 0 Å². The van der Waals surface area contributed by atoms with Gasteiger partial charge in [-0.2, -0.15) is 0 Å². The molecule has 2 N–H and O–H groups in total. The molecule has 0 spiro atoms. The van der Waals surface area contributed by atoms with E-state index in [4.69, 9.17) is 5.11 Å². The summed E-state index contributed by atoms with van der Waals surface area (Å²) in [5.41, 5.74) is 0.986. The molecule has 22 heavy (non-hydrogen) atoms. The Balaban J connectivity index is 1.95. The normalized spacial score (nSPS) is 23.9. The summed E-state index contributed by atoms with van der Waals surface area (Å²) in [4.78, 5) is 11.1. The van der Waals surface area contributed by atoms with Gasteiger partial charge in [0.25, 0.3) is 0 Å². The molecule has 1 aromatic rings. The number of benzene rings is 1. The maximum Gasteiger partial charge on any atom is 0.306 e. The van der Waals surface area contributed by atoms with Gasteiger partial charge in [0.05, 0.1) is 11.7 Å². The van der Waals surface area contributed by atoms with Crippen molar-refractivity contribution in [3.05, 3.63) is 35.9 Å². The summed E-state index contributed by atoms with van der Waals surface area (Å²) in [5.74, 6) is -1.35. The Kier molecular flexibility index (Phi) is 5.58. The van der Waals surface area contributed by atoms with Crippen molar-refractivity contribution >= 4 is 16.0 Å². The predicted octanol–water partition coefficient (Wildman–Crippen LogP) is 2.35. The lowest BCUT2D eigenvalue weighted by Gasteiger charge is -2.27. The summed E-state index contributed by atoms with van der Waals surface area (Å²) in [6.07, 6.45) is 2.48. The van der Waals surface area contributed by atoms with Crippen molar-refractivity contribution in [3.63, 3.8) is 0 Å². The number of rotatable bonds is 6. The van der Waals surface area contributed by atoms with E-state index < -0.39 is 21.9 Å².